The van der Waals surface area contributed by atoms with Gasteiger partial charge in [-0.2, -0.15) is 0 Å². The average molecular weight is 520 g/mol. The lowest BCUT2D eigenvalue weighted by atomic mass is 10.0. The zero-order valence-corrected chi connectivity index (χ0v) is 22.4. The van der Waals surface area contributed by atoms with Gasteiger partial charge >= 0.3 is 5.97 Å². The summed E-state index contributed by atoms with van der Waals surface area (Å²) in [6.07, 6.45) is 3.10. The zero-order chi connectivity index (χ0) is 26.3. The Morgan fingerprint density at radius 2 is 1.80 bits per heavy atom. The highest BCUT2D eigenvalue weighted by Crippen LogP contribution is 2.38. The van der Waals surface area contributed by atoms with Crippen molar-refractivity contribution in [1.29, 1.82) is 0 Å². The summed E-state index contributed by atoms with van der Waals surface area (Å²) in [6.45, 7) is 10.9. The number of aldehydes is 1. The van der Waals surface area contributed by atoms with Crippen molar-refractivity contribution < 1.29 is 22.7 Å². The van der Waals surface area contributed by atoms with Crippen molar-refractivity contribution in [2.24, 2.45) is 5.92 Å². The maximum atomic E-state index is 13.4. The molecule has 0 saturated heterocycles. The van der Waals surface area contributed by atoms with Gasteiger partial charge in [-0.05, 0) is 45.7 Å². The fourth-order valence-electron chi connectivity index (χ4n) is 3.97. The summed E-state index contributed by atoms with van der Waals surface area (Å²) in [6, 6.07) is 5.62. The van der Waals surface area contributed by atoms with E-state index >= 15 is 0 Å². The second kappa shape index (κ2) is 9.62. The van der Waals surface area contributed by atoms with E-state index < -0.39 is 27.6 Å². The molecule has 2 aromatic heterocycles. The van der Waals surface area contributed by atoms with E-state index in [-0.39, 0.29) is 32.4 Å². The molecule has 1 unspecified atom stereocenters. The van der Waals surface area contributed by atoms with Crippen LogP contribution in [0.2, 0.25) is 5.02 Å². The highest BCUT2D eigenvalue weighted by molar-refractivity contribution is 7.90. The molecule has 0 N–H and O–H groups in total. The molecule has 1 aromatic carbocycles. The number of esters is 1. The van der Waals surface area contributed by atoms with Crippen LogP contribution in [0.3, 0.4) is 0 Å². The van der Waals surface area contributed by atoms with Crippen LogP contribution < -0.4 is 4.90 Å². The van der Waals surface area contributed by atoms with E-state index in [1.165, 1.54) is 24.5 Å². The highest BCUT2D eigenvalue weighted by Gasteiger charge is 2.34. The van der Waals surface area contributed by atoms with Gasteiger partial charge in [-0.25, -0.2) is 22.2 Å². The molecule has 0 aliphatic rings. The van der Waals surface area contributed by atoms with Crippen LogP contribution in [0.1, 0.15) is 50.5 Å². The van der Waals surface area contributed by atoms with Gasteiger partial charge in [0.1, 0.15) is 11.6 Å². The van der Waals surface area contributed by atoms with Crippen LogP contribution in [0.5, 0.6) is 0 Å². The van der Waals surface area contributed by atoms with Crippen molar-refractivity contribution in [3.8, 4) is 0 Å². The number of carbonyl (C=O) groups excluding carboxylic acids is 2. The third-order valence-corrected chi connectivity index (χ3v) is 7.44. The average Bonchev–Trinajstić information content (AvgIpc) is 3.11. The second-order valence-electron chi connectivity index (χ2n) is 9.80. The van der Waals surface area contributed by atoms with Crippen LogP contribution in [0.4, 0.5) is 5.69 Å². The molecule has 1 atom stereocenters. The number of ether oxygens (including phenoxy) is 1. The van der Waals surface area contributed by atoms with Crippen LogP contribution in [0.15, 0.2) is 41.6 Å². The normalized spacial score (nSPS) is 13.2. The van der Waals surface area contributed by atoms with Crippen LogP contribution in [0, 0.1) is 12.8 Å². The van der Waals surface area contributed by atoms with Crippen LogP contribution >= 0.6 is 11.6 Å². The number of carbonyl (C=O) groups is 2. The van der Waals surface area contributed by atoms with Crippen LogP contribution in [-0.4, -0.2) is 48.3 Å². The van der Waals surface area contributed by atoms with Crippen molar-refractivity contribution in [2.75, 3.05) is 11.9 Å². The molecular formula is C25H30ClN3O5S. The summed E-state index contributed by atoms with van der Waals surface area (Å²) in [7, 11) is -2.40. The minimum atomic E-state index is -4.06. The van der Waals surface area contributed by atoms with Crippen molar-refractivity contribution >= 4 is 50.6 Å². The summed E-state index contributed by atoms with van der Waals surface area (Å²) in [5, 5.41) is 0.405. The SMILES string of the molecule is Cc1ccc(S(=O)(=O)n2cc(C=O)c3c(N(C)C(C(=O)OC(C)(C)C)C(C)C)c(Cl)cnc32)cc1. The van der Waals surface area contributed by atoms with Gasteiger partial charge in [0.15, 0.2) is 11.9 Å². The Morgan fingerprint density at radius 1 is 1.20 bits per heavy atom. The quantitative estimate of drug-likeness (QED) is 0.325. The number of halogens is 1. The van der Waals surface area contributed by atoms with E-state index in [0.717, 1.165) is 9.54 Å². The zero-order valence-electron chi connectivity index (χ0n) is 20.9. The Kier molecular flexibility index (Phi) is 7.34. The number of aromatic nitrogens is 2. The van der Waals surface area contributed by atoms with Gasteiger partial charge in [-0.3, -0.25) is 4.79 Å². The highest BCUT2D eigenvalue weighted by atomic mass is 35.5. The molecule has 0 aliphatic heterocycles. The third-order valence-electron chi connectivity index (χ3n) is 5.50. The molecule has 0 fully saturated rings. The second-order valence-corrected chi connectivity index (χ2v) is 12.0. The van der Waals surface area contributed by atoms with E-state index in [9.17, 15) is 18.0 Å². The molecule has 3 aromatic rings. The number of hydrogen-bond donors (Lipinski definition) is 0. The fraction of sp³-hybridized carbons (Fsp3) is 0.400. The molecule has 3 rings (SSSR count). The fourth-order valence-corrected chi connectivity index (χ4v) is 5.58. The molecule has 0 spiro atoms. The summed E-state index contributed by atoms with van der Waals surface area (Å²) in [5.41, 5.74) is 0.638. The molecule has 0 bridgehead atoms. The van der Waals surface area contributed by atoms with Gasteiger partial charge in [-0.15, -0.1) is 0 Å². The number of benzene rings is 1. The molecule has 2 heterocycles. The summed E-state index contributed by atoms with van der Waals surface area (Å²) >= 11 is 6.54. The van der Waals surface area contributed by atoms with E-state index in [2.05, 4.69) is 4.98 Å². The van der Waals surface area contributed by atoms with Crippen LogP contribution in [-0.2, 0) is 19.6 Å². The molecule has 0 radical (unpaired) electrons. The number of pyridine rings is 1. The maximum absolute atomic E-state index is 13.4. The number of rotatable bonds is 7. The smallest absolute Gasteiger partial charge is 0.329 e. The van der Waals surface area contributed by atoms with Gasteiger partial charge in [0.25, 0.3) is 10.0 Å². The number of likely N-dealkylation sites (N-methyl/N-ethyl adjacent to an activating group) is 1. The Balaban J connectivity index is 2.25. The number of aryl methyl sites for hydroxylation is 1. The Morgan fingerprint density at radius 3 is 2.31 bits per heavy atom. The van der Waals surface area contributed by atoms with Gasteiger partial charge in [-0.1, -0.05) is 43.1 Å². The summed E-state index contributed by atoms with van der Waals surface area (Å²) in [4.78, 5) is 31.1. The number of nitrogens with zero attached hydrogens (tertiary/aromatic N) is 3. The first-order valence-corrected chi connectivity index (χ1v) is 12.9. The number of hydrogen-bond acceptors (Lipinski definition) is 7. The maximum Gasteiger partial charge on any atom is 0.329 e. The Bertz CT molecular complexity index is 1370. The Labute approximate surface area is 210 Å². The van der Waals surface area contributed by atoms with Gasteiger partial charge < -0.3 is 9.64 Å². The third kappa shape index (κ3) is 5.21. The molecule has 10 heteroatoms. The minimum Gasteiger partial charge on any atom is -0.458 e. The van der Waals surface area contributed by atoms with E-state index in [1.54, 1.807) is 44.9 Å². The minimum absolute atomic E-state index is 0.0330. The first kappa shape index (κ1) is 26.7. The van der Waals surface area contributed by atoms with Gasteiger partial charge in [0.05, 0.1) is 27.2 Å². The van der Waals surface area contributed by atoms with Crippen molar-refractivity contribution in [2.45, 2.75) is 58.1 Å². The summed E-state index contributed by atoms with van der Waals surface area (Å²) < 4.78 is 33.5. The van der Waals surface area contributed by atoms with E-state index in [4.69, 9.17) is 16.3 Å². The standard InChI is InChI=1S/C25H30ClN3O5S/c1-15(2)21(24(31)34-25(4,5)6)28(7)22-19(26)12-27-23-20(22)17(14-30)13-29(23)35(32,33)18-10-8-16(3)9-11-18/h8-15,21H,1-7H3. The first-order chi connectivity index (χ1) is 16.2. The lowest BCUT2D eigenvalue weighted by Gasteiger charge is -2.34. The number of anilines is 1. The molecule has 0 amide bonds. The van der Waals surface area contributed by atoms with Crippen molar-refractivity contribution in [3.05, 3.63) is 52.8 Å². The van der Waals surface area contributed by atoms with E-state index in [0.29, 0.717) is 12.0 Å². The predicted octanol–water partition coefficient (Wildman–Crippen LogP) is 4.85. The molecule has 0 aliphatic carbocycles. The Hall–Kier alpha value is -2.91. The molecular weight excluding hydrogens is 490 g/mol. The van der Waals surface area contributed by atoms with Gasteiger partial charge in [0.2, 0.25) is 0 Å². The molecule has 188 valence electrons. The topological polar surface area (TPSA) is 98.6 Å². The van der Waals surface area contributed by atoms with E-state index in [1.807, 2.05) is 20.8 Å². The van der Waals surface area contributed by atoms with Crippen LogP contribution in [0.25, 0.3) is 11.0 Å². The lowest BCUT2D eigenvalue weighted by molar-refractivity contribution is -0.157. The van der Waals surface area contributed by atoms with Crippen molar-refractivity contribution in [3.63, 3.8) is 0 Å². The monoisotopic (exact) mass is 519 g/mol. The predicted molar refractivity (Wildman–Crippen MR) is 137 cm³/mol. The van der Waals surface area contributed by atoms with Gasteiger partial charge in [0, 0.05) is 18.8 Å². The first-order valence-electron chi connectivity index (χ1n) is 11.1. The number of fused-ring (bicyclic) bond motifs is 1. The largest absolute Gasteiger partial charge is 0.458 e. The molecule has 35 heavy (non-hydrogen) atoms. The molecule has 8 nitrogen and oxygen atoms in total. The van der Waals surface area contributed by atoms with Crippen molar-refractivity contribution in [1.82, 2.24) is 8.96 Å². The lowest BCUT2D eigenvalue weighted by Crippen LogP contribution is -2.46. The summed E-state index contributed by atoms with van der Waals surface area (Å²) in [5.74, 6) is -0.650. The molecule has 0 saturated carbocycles.